The van der Waals surface area contributed by atoms with Crippen LogP contribution in [0.15, 0.2) is 36.7 Å². The molecule has 1 N–H and O–H groups in total. The van der Waals surface area contributed by atoms with Crippen LogP contribution in [0.5, 0.6) is 11.5 Å². The summed E-state index contributed by atoms with van der Waals surface area (Å²) in [7, 11) is 3.27. The molecule has 0 aliphatic carbocycles. The number of anilines is 1. The first-order chi connectivity index (χ1) is 12.1. The molecule has 7 nitrogen and oxygen atoms in total. The summed E-state index contributed by atoms with van der Waals surface area (Å²) in [6.07, 6.45) is 1.53. The van der Waals surface area contributed by atoms with Gasteiger partial charge in [-0.3, -0.25) is 0 Å². The highest BCUT2D eigenvalue weighted by Gasteiger charge is 2.07. The molecule has 0 fully saturated rings. The van der Waals surface area contributed by atoms with Crippen LogP contribution in [0, 0.1) is 13.8 Å². The van der Waals surface area contributed by atoms with Crippen LogP contribution in [0.1, 0.15) is 17.0 Å². The van der Waals surface area contributed by atoms with E-state index in [1.54, 1.807) is 18.9 Å². The van der Waals surface area contributed by atoms with Gasteiger partial charge in [0.1, 0.15) is 23.6 Å². The van der Waals surface area contributed by atoms with Crippen LogP contribution in [-0.2, 0) is 6.54 Å². The standard InChI is InChI=1S/C18H21N5O2/c1-12-5-13(2)23(22-12)18-9-17(20-11-21-18)19-10-14-6-15(24-3)8-16(7-14)25-4/h5-9,11H,10H2,1-4H3,(H,19,20,21). The smallest absolute Gasteiger partial charge is 0.159 e. The van der Waals surface area contributed by atoms with Gasteiger partial charge < -0.3 is 14.8 Å². The maximum atomic E-state index is 5.30. The summed E-state index contributed by atoms with van der Waals surface area (Å²) in [6, 6.07) is 9.64. The van der Waals surface area contributed by atoms with E-state index in [0.717, 1.165) is 40.1 Å². The van der Waals surface area contributed by atoms with Crippen molar-refractivity contribution in [3.8, 4) is 17.3 Å². The highest BCUT2D eigenvalue weighted by molar-refractivity contribution is 5.44. The summed E-state index contributed by atoms with van der Waals surface area (Å²) in [6.45, 7) is 4.54. The van der Waals surface area contributed by atoms with E-state index in [1.807, 2.05) is 44.2 Å². The molecule has 2 heterocycles. The average molecular weight is 339 g/mol. The zero-order valence-corrected chi connectivity index (χ0v) is 14.8. The molecule has 25 heavy (non-hydrogen) atoms. The van der Waals surface area contributed by atoms with Crippen molar-refractivity contribution >= 4 is 5.82 Å². The van der Waals surface area contributed by atoms with Crippen molar-refractivity contribution in [1.82, 2.24) is 19.7 Å². The predicted molar refractivity (Wildman–Crippen MR) is 95.5 cm³/mol. The van der Waals surface area contributed by atoms with Crippen molar-refractivity contribution in [2.75, 3.05) is 19.5 Å². The number of nitrogens with one attached hydrogen (secondary N) is 1. The van der Waals surface area contributed by atoms with Crippen molar-refractivity contribution in [3.63, 3.8) is 0 Å². The Balaban J connectivity index is 1.78. The summed E-state index contributed by atoms with van der Waals surface area (Å²) in [5.41, 5.74) is 3.01. The Morgan fingerprint density at radius 1 is 0.960 bits per heavy atom. The number of aryl methyl sites for hydroxylation is 2. The third-order valence-electron chi connectivity index (χ3n) is 3.76. The zero-order valence-electron chi connectivity index (χ0n) is 14.8. The van der Waals surface area contributed by atoms with Gasteiger partial charge in [-0.25, -0.2) is 14.6 Å². The van der Waals surface area contributed by atoms with Gasteiger partial charge in [0.25, 0.3) is 0 Å². The van der Waals surface area contributed by atoms with Crippen LogP contribution in [0.2, 0.25) is 0 Å². The molecule has 2 aromatic heterocycles. The van der Waals surface area contributed by atoms with E-state index >= 15 is 0 Å². The number of hydrogen-bond acceptors (Lipinski definition) is 6. The normalized spacial score (nSPS) is 10.6. The molecule has 3 aromatic rings. The molecule has 0 bridgehead atoms. The first-order valence-corrected chi connectivity index (χ1v) is 7.90. The van der Waals surface area contributed by atoms with E-state index in [-0.39, 0.29) is 0 Å². The molecule has 0 aliphatic rings. The Labute approximate surface area is 146 Å². The van der Waals surface area contributed by atoms with Crippen LogP contribution in [0.25, 0.3) is 5.82 Å². The van der Waals surface area contributed by atoms with Crippen LogP contribution in [0.4, 0.5) is 5.82 Å². The number of methoxy groups -OCH3 is 2. The number of rotatable bonds is 6. The van der Waals surface area contributed by atoms with Crippen molar-refractivity contribution in [2.24, 2.45) is 0 Å². The van der Waals surface area contributed by atoms with Crippen LogP contribution in [0.3, 0.4) is 0 Å². The van der Waals surface area contributed by atoms with E-state index in [1.165, 1.54) is 6.33 Å². The quantitative estimate of drug-likeness (QED) is 0.744. The minimum absolute atomic E-state index is 0.584. The third kappa shape index (κ3) is 3.88. The van der Waals surface area contributed by atoms with E-state index in [0.29, 0.717) is 6.54 Å². The number of aromatic nitrogens is 4. The number of nitrogens with zero attached hydrogens (tertiary/aromatic N) is 4. The first kappa shape index (κ1) is 16.8. The van der Waals surface area contributed by atoms with E-state index in [2.05, 4.69) is 20.4 Å². The summed E-state index contributed by atoms with van der Waals surface area (Å²) < 4.78 is 12.4. The van der Waals surface area contributed by atoms with Gasteiger partial charge in [-0.1, -0.05) is 0 Å². The minimum Gasteiger partial charge on any atom is -0.497 e. The fourth-order valence-electron chi connectivity index (χ4n) is 2.58. The lowest BCUT2D eigenvalue weighted by Gasteiger charge is -2.10. The highest BCUT2D eigenvalue weighted by atomic mass is 16.5. The predicted octanol–water partition coefficient (Wildman–Crippen LogP) is 2.91. The Kier molecular flexibility index (Phi) is 4.83. The molecule has 7 heteroatoms. The molecule has 0 saturated heterocycles. The van der Waals surface area contributed by atoms with E-state index < -0.39 is 0 Å². The summed E-state index contributed by atoms with van der Waals surface area (Å²) >= 11 is 0. The second kappa shape index (κ2) is 7.21. The molecule has 0 aliphatic heterocycles. The van der Waals surface area contributed by atoms with Gasteiger partial charge in [-0.05, 0) is 37.6 Å². The van der Waals surface area contributed by atoms with Crippen LogP contribution < -0.4 is 14.8 Å². The van der Waals surface area contributed by atoms with E-state index in [4.69, 9.17) is 9.47 Å². The Hall–Kier alpha value is -3.09. The molecule has 0 radical (unpaired) electrons. The molecule has 0 atom stereocenters. The minimum atomic E-state index is 0.584. The summed E-state index contributed by atoms with van der Waals surface area (Å²) in [5, 5.41) is 7.75. The lowest BCUT2D eigenvalue weighted by molar-refractivity contribution is 0.393. The first-order valence-electron chi connectivity index (χ1n) is 7.90. The van der Waals surface area contributed by atoms with Gasteiger partial charge in [0.2, 0.25) is 0 Å². The number of benzene rings is 1. The molecule has 130 valence electrons. The Morgan fingerprint density at radius 2 is 1.68 bits per heavy atom. The maximum Gasteiger partial charge on any atom is 0.159 e. The van der Waals surface area contributed by atoms with Crippen LogP contribution >= 0.6 is 0 Å². The van der Waals surface area contributed by atoms with Gasteiger partial charge in [0.15, 0.2) is 5.82 Å². The highest BCUT2D eigenvalue weighted by Crippen LogP contribution is 2.23. The van der Waals surface area contributed by atoms with Crippen molar-refractivity contribution < 1.29 is 9.47 Å². The van der Waals surface area contributed by atoms with Crippen LogP contribution in [-0.4, -0.2) is 34.0 Å². The molecule has 0 amide bonds. The number of ether oxygens (including phenoxy) is 2. The molecule has 0 unspecified atom stereocenters. The average Bonchev–Trinajstić information content (AvgIpc) is 2.98. The van der Waals surface area contributed by atoms with Crippen molar-refractivity contribution in [1.29, 1.82) is 0 Å². The largest absolute Gasteiger partial charge is 0.497 e. The van der Waals surface area contributed by atoms with Crippen molar-refractivity contribution in [3.05, 3.63) is 53.6 Å². The molecule has 1 aromatic carbocycles. The fourth-order valence-corrected chi connectivity index (χ4v) is 2.58. The lowest BCUT2D eigenvalue weighted by atomic mass is 10.2. The molecule has 0 spiro atoms. The van der Waals surface area contributed by atoms with Gasteiger partial charge in [-0.15, -0.1) is 0 Å². The second-order valence-corrected chi connectivity index (χ2v) is 5.67. The van der Waals surface area contributed by atoms with Gasteiger partial charge in [0.05, 0.1) is 19.9 Å². The van der Waals surface area contributed by atoms with Gasteiger partial charge in [0, 0.05) is 24.4 Å². The number of hydrogen-bond donors (Lipinski definition) is 1. The van der Waals surface area contributed by atoms with Crippen molar-refractivity contribution in [2.45, 2.75) is 20.4 Å². The molecule has 0 saturated carbocycles. The topological polar surface area (TPSA) is 74.1 Å². The molecular formula is C18H21N5O2. The summed E-state index contributed by atoms with van der Waals surface area (Å²) in [5.74, 6) is 2.95. The van der Waals surface area contributed by atoms with E-state index in [9.17, 15) is 0 Å². The maximum absolute atomic E-state index is 5.30. The van der Waals surface area contributed by atoms with Gasteiger partial charge in [-0.2, -0.15) is 5.10 Å². The zero-order chi connectivity index (χ0) is 17.8. The summed E-state index contributed by atoms with van der Waals surface area (Å²) in [4.78, 5) is 8.58. The van der Waals surface area contributed by atoms with Gasteiger partial charge >= 0.3 is 0 Å². The molecule has 3 rings (SSSR count). The monoisotopic (exact) mass is 339 g/mol. The fraction of sp³-hybridized carbons (Fsp3) is 0.278. The lowest BCUT2D eigenvalue weighted by Crippen LogP contribution is -2.06. The second-order valence-electron chi connectivity index (χ2n) is 5.67. The molecular weight excluding hydrogens is 318 g/mol. The third-order valence-corrected chi connectivity index (χ3v) is 3.76. The Morgan fingerprint density at radius 3 is 2.28 bits per heavy atom. The Bertz CT molecular complexity index is 853. The SMILES string of the molecule is COc1cc(CNc2cc(-n3nc(C)cc3C)ncn2)cc(OC)c1.